The molecule has 0 aliphatic carbocycles. The van der Waals surface area contributed by atoms with Crippen LogP contribution in [0.25, 0.3) is 0 Å². The summed E-state index contributed by atoms with van der Waals surface area (Å²) in [7, 11) is 0. The van der Waals surface area contributed by atoms with Crippen molar-refractivity contribution < 1.29 is 9.90 Å². The molecule has 1 aromatic rings. The number of aliphatic hydroxyl groups is 1. The Balaban J connectivity index is 2.42. The summed E-state index contributed by atoms with van der Waals surface area (Å²) in [6.45, 7) is 5.55. The number of aromatic nitrogens is 1. The second kappa shape index (κ2) is 8.48. The minimum atomic E-state index is -0.153. The molecule has 0 aliphatic heterocycles. The lowest BCUT2D eigenvalue weighted by Gasteiger charge is -2.10. The smallest absolute Gasteiger partial charge is 0.269 e. The Morgan fingerprint density at radius 2 is 2.32 bits per heavy atom. The summed E-state index contributed by atoms with van der Waals surface area (Å²) in [5.41, 5.74) is 1.32. The van der Waals surface area contributed by atoms with Crippen LogP contribution in [0.4, 0.5) is 5.69 Å². The second-order valence-corrected chi connectivity index (χ2v) is 4.65. The van der Waals surface area contributed by atoms with Crippen LogP contribution in [0, 0.1) is 5.92 Å². The number of pyridine rings is 1. The van der Waals surface area contributed by atoms with E-state index in [1.807, 2.05) is 19.9 Å². The van der Waals surface area contributed by atoms with Gasteiger partial charge < -0.3 is 15.7 Å². The van der Waals surface area contributed by atoms with Crippen molar-refractivity contribution in [1.82, 2.24) is 10.3 Å². The molecule has 1 heterocycles. The molecule has 5 heteroatoms. The van der Waals surface area contributed by atoms with Gasteiger partial charge in [0.25, 0.3) is 5.91 Å². The summed E-state index contributed by atoms with van der Waals surface area (Å²) in [6.07, 6.45) is 3.60. The Labute approximate surface area is 114 Å². The van der Waals surface area contributed by atoms with Gasteiger partial charge in [-0.3, -0.25) is 9.78 Å². The molecule has 1 rings (SSSR count). The lowest BCUT2D eigenvalue weighted by Crippen LogP contribution is -2.23. The molecule has 0 bridgehead atoms. The van der Waals surface area contributed by atoms with Gasteiger partial charge in [0.15, 0.2) is 0 Å². The Bertz CT molecular complexity index is 396. The molecule has 5 nitrogen and oxygen atoms in total. The molecule has 1 amide bonds. The molecule has 0 radical (unpaired) electrons. The van der Waals surface area contributed by atoms with Crippen molar-refractivity contribution in [2.75, 3.05) is 25.0 Å². The van der Waals surface area contributed by atoms with Crippen LogP contribution in [0.2, 0.25) is 0 Å². The van der Waals surface area contributed by atoms with Crippen LogP contribution in [0.15, 0.2) is 18.3 Å². The van der Waals surface area contributed by atoms with E-state index in [0.29, 0.717) is 18.2 Å². The Hall–Kier alpha value is -1.62. The first-order chi connectivity index (χ1) is 9.17. The molecule has 106 valence electrons. The van der Waals surface area contributed by atoms with Crippen LogP contribution in [0.5, 0.6) is 0 Å². The third-order valence-electron chi connectivity index (χ3n) is 2.84. The van der Waals surface area contributed by atoms with Crippen molar-refractivity contribution in [3.63, 3.8) is 0 Å². The van der Waals surface area contributed by atoms with Gasteiger partial charge >= 0.3 is 0 Å². The van der Waals surface area contributed by atoms with Crippen LogP contribution in [0.1, 0.15) is 37.2 Å². The number of anilines is 1. The molecular formula is C14H23N3O2. The summed E-state index contributed by atoms with van der Waals surface area (Å²) >= 11 is 0. The lowest BCUT2D eigenvalue weighted by molar-refractivity contribution is 0.0951. The average molecular weight is 265 g/mol. The van der Waals surface area contributed by atoms with E-state index in [1.165, 1.54) is 0 Å². The fraction of sp³-hybridized carbons (Fsp3) is 0.571. The van der Waals surface area contributed by atoms with Crippen LogP contribution in [-0.2, 0) is 0 Å². The molecule has 3 N–H and O–H groups in total. The van der Waals surface area contributed by atoms with Gasteiger partial charge in [-0.2, -0.15) is 0 Å². The zero-order valence-corrected chi connectivity index (χ0v) is 11.6. The molecule has 1 unspecified atom stereocenters. The molecule has 0 fully saturated rings. The van der Waals surface area contributed by atoms with E-state index in [9.17, 15) is 4.79 Å². The number of hydrogen-bond donors (Lipinski definition) is 3. The van der Waals surface area contributed by atoms with E-state index in [1.54, 1.807) is 12.3 Å². The second-order valence-electron chi connectivity index (χ2n) is 4.65. The first-order valence-electron chi connectivity index (χ1n) is 6.76. The van der Waals surface area contributed by atoms with Crippen molar-refractivity contribution >= 4 is 11.6 Å². The fourth-order valence-corrected chi connectivity index (χ4v) is 1.69. The third kappa shape index (κ3) is 5.70. The highest BCUT2D eigenvalue weighted by Gasteiger charge is 2.06. The van der Waals surface area contributed by atoms with Gasteiger partial charge in [-0.05, 0) is 37.8 Å². The normalized spacial score (nSPS) is 11.9. The molecule has 0 spiro atoms. The number of amides is 1. The molecule has 1 atom stereocenters. The summed E-state index contributed by atoms with van der Waals surface area (Å²) < 4.78 is 0. The molecule has 0 aromatic carbocycles. The summed E-state index contributed by atoms with van der Waals surface area (Å²) in [6, 6.07) is 3.60. The number of rotatable bonds is 8. The molecule has 0 aliphatic rings. The average Bonchev–Trinajstić information content (AvgIpc) is 2.44. The fourth-order valence-electron chi connectivity index (χ4n) is 1.69. The highest BCUT2D eigenvalue weighted by Crippen LogP contribution is 2.09. The van der Waals surface area contributed by atoms with Crippen molar-refractivity contribution in [3.05, 3.63) is 24.0 Å². The predicted molar refractivity (Wildman–Crippen MR) is 76.2 cm³/mol. The van der Waals surface area contributed by atoms with E-state index in [0.717, 1.165) is 25.1 Å². The zero-order chi connectivity index (χ0) is 14.1. The maximum atomic E-state index is 11.6. The maximum Gasteiger partial charge on any atom is 0.269 e. The monoisotopic (exact) mass is 265 g/mol. The van der Waals surface area contributed by atoms with Crippen molar-refractivity contribution in [2.45, 2.75) is 26.7 Å². The number of carbonyl (C=O) groups is 1. The SMILES string of the molecule is CCNC(=O)c1cc(NCCCC(C)CO)ccn1. The summed E-state index contributed by atoms with van der Waals surface area (Å²) in [5.74, 6) is 0.185. The van der Waals surface area contributed by atoms with Gasteiger partial charge in [0.05, 0.1) is 0 Å². The minimum Gasteiger partial charge on any atom is -0.396 e. The van der Waals surface area contributed by atoms with E-state index in [4.69, 9.17) is 5.11 Å². The molecule has 0 saturated heterocycles. The standard InChI is InChI=1S/C14H23N3O2/c1-3-15-14(19)13-9-12(6-8-17-13)16-7-4-5-11(2)10-18/h6,8-9,11,18H,3-5,7,10H2,1-2H3,(H,15,19)(H,16,17). The van der Waals surface area contributed by atoms with Crippen LogP contribution < -0.4 is 10.6 Å². The first-order valence-corrected chi connectivity index (χ1v) is 6.76. The zero-order valence-electron chi connectivity index (χ0n) is 11.6. The highest BCUT2D eigenvalue weighted by atomic mass is 16.3. The van der Waals surface area contributed by atoms with Gasteiger partial charge in [0, 0.05) is 31.6 Å². The molecule has 1 aromatic heterocycles. The predicted octanol–water partition coefficient (Wildman–Crippen LogP) is 1.65. The largest absolute Gasteiger partial charge is 0.396 e. The van der Waals surface area contributed by atoms with Gasteiger partial charge in [0.2, 0.25) is 0 Å². The number of nitrogens with zero attached hydrogens (tertiary/aromatic N) is 1. The van der Waals surface area contributed by atoms with Gasteiger partial charge in [-0.25, -0.2) is 0 Å². The summed E-state index contributed by atoms with van der Waals surface area (Å²) in [4.78, 5) is 15.7. The quantitative estimate of drug-likeness (QED) is 0.625. The van der Waals surface area contributed by atoms with Crippen LogP contribution in [0.3, 0.4) is 0 Å². The van der Waals surface area contributed by atoms with Gasteiger partial charge in [-0.15, -0.1) is 0 Å². The van der Waals surface area contributed by atoms with Gasteiger partial charge in [-0.1, -0.05) is 6.92 Å². The van der Waals surface area contributed by atoms with E-state index in [-0.39, 0.29) is 12.5 Å². The van der Waals surface area contributed by atoms with Crippen molar-refractivity contribution in [3.8, 4) is 0 Å². The number of nitrogens with one attached hydrogen (secondary N) is 2. The Morgan fingerprint density at radius 3 is 3.00 bits per heavy atom. The first kappa shape index (κ1) is 15.4. The van der Waals surface area contributed by atoms with Crippen LogP contribution in [-0.4, -0.2) is 35.7 Å². The molecular weight excluding hydrogens is 242 g/mol. The Morgan fingerprint density at radius 1 is 1.53 bits per heavy atom. The van der Waals surface area contributed by atoms with Crippen molar-refractivity contribution in [1.29, 1.82) is 0 Å². The van der Waals surface area contributed by atoms with Crippen molar-refractivity contribution in [2.24, 2.45) is 5.92 Å². The summed E-state index contributed by atoms with van der Waals surface area (Å²) in [5, 5.41) is 14.9. The number of hydrogen-bond acceptors (Lipinski definition) is 4. The maximum absolute atomic E-state index is 11.6. The van der Waals surface area contributed by atoms with E-state index in [2.05, 4.69) is 15.6 Å². The van der Waals surface area contributed by atoms with E-state index >= 15 is 0 Å². The van der Waals surface area contributed by atoms with Gasteiger partial charge in [0.1, 0.15) is 5.69 Å². The van der Waals surface area contributed by atoms with Crippen LogP contribution >= 0.6 is 0 Å². The molecule has 0 saturated carbocycles. The number of carbonyl (C=O) groups excluding carboxylic acids is 1. The topological polar surface area (TPSA) is 74.2 Å². The lowest BCUT2D eigenvalue weighted by atomic mass is 10.1. The van der Waals surface area contributed by atoms with E-state index < -0.39 is 0 Å². The third-order valence-corrected chi connectivity index (χ3v) is 2.84. The highest BCUT2D eigenvalue weighted by molar-refractivity contribution is 5.93. The molecule has 19 heavy (non-hydrogen) atoms. The minimum absolute atomic E-state index is 0.153. The Kier molecular flexibility index (Phi) is 6.89. The number of aliphatic hydroxyl groups excluding tert-OH is 1.